The number of nitrogens with two attached hydrogens (primary N) is 1. The van der Waals surface area contributed by atoms with Crippen LogP contribution < -0.4 is 16.8 Å². The molecule has 98 valence electrons. The number of nitrogens with zero attached hydrogens (tertiary/aromatic N) is 3. The van der Waals surface area contributed by atoms with E-state index in [4.69, 9.17) is 5.73 Å². The van der Waals surface area contributed by atoms with Gasteiger partial charge in [0.1, 0.15) is 13.5 Å². The molecule has 0 amide bonds. The van der Waals surface area contributed by atoms with Crippen molar-refractivity contribution < 1.29 is 0 Å². The summed E-state index contributed by atoms with van der Waals surface area (Å²) in [5, 5.41) is 0.929. The Morgan fingerprint density at radius 1 is 1.37 bits per heavy atom. The molecular formula is C13H17BN4O. The third kappa shape index (κ3) is 1.91. The van der Waals surface area contributed by atoms with Crippen molar-refractivity contribution in [3.8, 4) is 0 Å². The maximum Gasteiger partial charge on any atom is 0.246 e. The predicted molar refractivity (Wildman–Crippen MR) is 78.6 cm³/mol. The molecule has 0 bridgehead atoms. The number of aromatic nitrogens is 3. The van der Waals surface area contributed by atoms with Gasteiger partial charge in [-0.05, 0) is 25.2 Å². The fraction of sp³-hybridized carbons (Fsp3) is 0.462. The lowest BCUT2D eigenvalue weighted by Crippen LogP contribution is -2.36. The first-order valence-corrected chi connectivity index (χ1v) is 6.74. The summed E-state index contributed by atoms with van der Waals surface area (Å²) in [5.74, 6) is 0.236. The first-order valence-electron chi connectivity index (χ1n) is 6.74. The van der Waals surface area contributed by atoms with Crippen LogP contribution in [0, 0.1) is 6.92 Å². The van der Waals surface area contributed by atoms with E-state index in [0.717, 1.165) is 29.4 Å². The largest absolute Gasteiger partial charge is 0.368 e. The van der Waals surface area contributed by atoms with Crippen molar-refractivity contribution in [2.24, 2.45) is 0 Å². The van der Waals surface area contributed by atoms with Gasteiger partial charge in [-0.1, -0.05) is 18.9 Å². The monoisotopic (exact) mass is 256 g/mol. The quantitative estimate of drug-likeness (QED) is 0.732. The van der Waals surface area contributed by atoms with E-state index in [1.165, 1.54) is 12.8 Å². The first-order chi connectivity index (χ1) is 9.08. The molecule has 6 heteroatoms. The van der Waals surface area contributed by atoms with Gasteiger partial charge >= 0.3 is 0 Å². The Balaban J connectivity index is 2.39. The van der Waals surface area contributed by atoms with Crippen LogP contribution in [-0.2, 0) is 0 Å². The second kappa shape index (κ2) is 4.37. The van der Waals surface area contributed by atoms with Crippen LogP contribution in [0.25, 0.3) is 11.0 Å². The van der Waals surface area contributed by atoms with Gasteiger partial charge in [0.15, 0.2) is 0 Å². The molecule has 2 N–H and O–H groups in total. The predicted octanol–water partition coefficient (Wildman–Crippen LogP) is 0.0556. The zero-order valence-corrected chi connectivity index (χ0v) is 11.3. The van der Waals surface area contributed by atoms with Crippen molar-refractivity contribution >= 4 is 30.3 Å². The minimum Gasteiger partial charge on any atom is -0.368 e. The average molecular weight is 256 g/mol. The van der Waals surface area contributed by atoms with E-state index in [9.17, 15) is 4.79 Å². The van der Waals surface area contributed by atoms with Gasteiger partial charge in [0, 0.05) is 11.4 Å². The fourth-order valence-electron chi connectivity index (χ4n) is 3.01. The van der Waals surface area contributed by atoms with Gasteiger partial charge in [-0.3, -0.25) is 9.36 Å². The van der Waals surface area contributed by atoms with Crippen LogP contribution >= 0.6 is 0 Å². The van der Waals surface area contributed by atoms with Gasteiger partial charge in [0.25, 0.3) is 0 Å². The van der Waals surface area contributed by atoms with Crippen molar-refractivity contribution in [1.82, 2.24) is 14.5 Å². The summed E-state index contributed by atoms with van der Waals surface area (Å²) >= 11 is 0. The third-order valence-corrected chi connectivity index (χ3v) is 3.97. The normalized spacial score (nSPS) is 16.3. The molecule has 2 heterocycles. The molecule has 19 heavy (non-hydrogen) atoms. The molecule has 1 aliphatic carbocycles. The van der Waals surface area contributed by atoms with Crippen LogP contribution in [0.5, 0.6) is 0 Å². The second-order valence-corrected chi connectivity index (χ2v) is 5.35. The molecule has 0 unspecified atom stereocenters. The van der Waals surface area contributed by atoms with Crippen LogP contribution in [-0.4, -0.2) is 22.4 Å². The van der Waals surface area contributed by atoms with Gasteiger partial charge in [-0.2, -0.15) is 4.98 Å². The van der Waals surface area contributed by atoms with Crippen molar-refractivity contribution in [1.29, 1.82) is 0 Å². The van der Waals surface area contributed by atoms with Crippen LogP contribution in [0.4, 0.5) is 5.95 Å². The van der Waals surface area contributed by atoms with Gasteiger partial charge in [-0.25, -0.2) is 4.98 Å². The SMILES string of the molecule is Bc1cc2c(C)nc(N)nc2n(C2CCCC2)c1=O. The molecule has 0 radical (unpaired) electrons. The van der Waals surface area contributed by atoms with Crippen molar-refractivity contribution in [2.45, 2.75) is 38.6 Å². The summed E-state index contributed by atoms with van der Waals surface area (Å²) in [4.78, 5) is 21.0. The van der Waals surface area contributed by atoms with Gasteiger partial charge in [-0.15, -0.1) is 0 Å². The van der Waals surface area contributed by atoms with Gasteiger partial charge in [0.2, 0.25) is 11.5 Å². The summed E-state index contributed by atoms with van der Waals surface area (Å²) in [5.41, 5.74) is 8.06. The summed E-state index contributed by atoms with van der Waals surface area (Å²) in [6, 6.07) is 2.13. The Bertz CT molecular complexity index is 704. The van der Waals surface area contributed by atoms with Crippen LogP contribution in [0.3, 0.4) is 0 Å². The topological polar surface area (TPSA) is 73.8 Å². The smallest absolute Gasteiger partial charge is 0.246 e. The third-order valence-electron chi connectivity index (χ3n) is 3.97. The molecule has 1 saturated carbocycles. The number of fused-ring (bicyclic) bond motifs is 1. The van der Waals surface area contributed by atoms with E-state index in [-0.39, 0.29) is 17.5 Å². The maximum absolute atomic E-state index is 12.5. The van der Waals surface area contributed by atoms with E-state index in [1.807, 2.05) is 25.4 Å². The van der Waals surface area contributed by atoms with E-state index < -0.39 is 0 Å². The lowest BCUT2D eigenvalue weighted by molar-refractivity contribution is 0.517. The molecule has 1 fully saturated rings. The van der Waals surface area contributed by atoms with Crippen LogP contribution in [0.2, 0.25) is 0 Å². The highest BCUT2D eigenvalue weighted by Gasteiger charge is 2.22. The maximum atomic E-state index is 12.5. The number of rotatable bonds is 1. The molecule has 0 aliphatic heterocycles. The zero-order chi connectivity index (χ0) is 13.6. The Labute approximate surface area is 112 Å². The fourth-order valence-corrected chi connectivity index (χ4v) is 3.01. The molecule has 3 rings (SSSR count). The van der Waals surface area contributed by atoms with Crippen LogP contribution in [0.1, 0.15) is 37.4 Å². The molecule has 2 aromatic rings. The highest BCUT2D eigenvalue weighted by Crippen LogP contribution is 2.30. The number of anilines is 1. The van der Waals surface area contributed by atoms with E-state index in [2.05, 4.69) is 9.97 Å². The molecular weight excluding hydrogens is 239 g/mol. The number of aryl methyl sites for hydroxylation is 1. The Kier molecular flexibility index (Phi) is 2.80. The average Bonchev–Trinajstić information content (AvgIpc) is 2.85. The summed E-state index contributed by atoms with van der Waals surface area (Å²) in [7, 11) is 1.85. The molecule has 0 atom stereocenters. The molecule has 0 spiro atoms. The number of pyridine rings is 1. The summed E-state index contributed by atoms with van der Waals surface area (Å²) in [6.07, 6.45) is 4.43. The summed E-state index contributed by atoms with van der Waals surface area (Å²) in [6.45, 7) is 1.91. The lowest BCUT2D eigenvalue weighted by atomic mass is 9.96. The van der Waals surface area contributed by atoms with Crippen molar-refractivity contribution in [3.05, 3.63) is 22.1 Å². The number of nitrogen functional groups attached to an aromatic ring is 1. The summed E-state index contributed by atoms with van der Waals surface area (Å²) < 4.78 is 1.84. The van der Waals surface area contributed by atoms with E-state index in [0.29, 0.717) is 5.65 Å². The molecule has 2 aromatic heterocycles. The molecule has 5 nitrogen and oxygen atoms in total. The molecule has 0 aromatic carbocycles. The lowest BCUT2D eigenvalue weighted by Gasteiger charge is -2.17. The standard InChI is InChI=1S/C13H17BN4O/c1-7-9-6-10(14)12(19)18(8-4-2-3-5-8)11(9)17-13(15)16-7/h6,8H,2-5,14H2,1H3,(H2,15,16,17). The van der Waals surface area contributed by atoms with Gasteiger partial charge in [0.05, 0.1) is 5.69 Å². The zero-order valence-electron chi connectivity index (χ0n) is 11.3. The second-order valence-electron chi connectivity index (χ2n) is 5.35. The Morgan fingerprint density at radius 3 is 2.74 bits per heavy atom. The molecule has 1 aliphatic rings. The van der Waals surface area contributed by atoms with E-state index >= 15 is 0 Å². The highest BCUT2D eigenvalue weighted by molar-refractivity contribution is 6.32. The Morgan fingerprint density at radius 2 is 2.05 bits per heavy atom. The number of hydrogen-bond acceptors (Lipinski definition) is 4. The van der Waals surface area contributed by atoms with E-state index in [1.54, 1.807) is 0 Å². The van der Waals surface area contributed by atoms with Crippen LogP contribution in [0.15, 0.2) is 10.9 Å². The Hall–Kier alpha value is -1.85. The van der Waals surface area contributed by atoms with Crippen molar-refractivity contribution in [2.75, 3.05) is 5.73 Å². The van der Waals surface area contributed by atoms with Crippen molar-refractivity contribution in [3.63, 3.8) is 0 Å². The minimum absolute atomic E-state index is 0.0527. The van der Waals surface area contributed by atoms with Gasteiger partial charge < -0.3 is 5.73 Å². The first kappa shape index (κ1) is 12.2. The number of hydrogen-bond donors (Lipinski definition) is 1. The molecule has 0 saturated heterocycles. The minimum atomic E-state index is 0.0527. The highest BCUT2D eigenvalue weighted by atomic mass is 16.1.